The molecule has 6 nitrogen and oxygen atoms in total. The Labute approximate surface area is 167 Å². The Morgan fingerprint density at radius 1 is 1.07 bits per heavy atom. The Balaban J connectivity index is 0.00000364. The number of hydrogen-bond acceptors (Lipinski definition) is 4. The van der Waals surface area contributed by atoms with Gasteiger partial charge in [-0.1, -0.05) is 18.2 Å². The van der Waals surface area contributed by atoms with E-state index in [-0.39, 0.29) is 29.6 Å². The van der Waals surface area contributed by atoms with E-state index < -0.39 is 15.6 Å². The third-order valence-electron chi connectivity index (χ3n) is 3.55. The zero-order chi connectivity index (χ0) is 19.5. The first-order chi connectivity index (χ1) is 12.0. The van der Waals surface area contributed by atoms with Crippen LogP contribution in [0.15, 0.2) is 47.4 Å². The molecule has 8 heteroatoms. The molecule has 0 aliphatic carbocycles. The molecule has 27 heavy (non-hydrogen) atoms. The number of rotatable bonds is 5. The zero-order valence-corrected chi connectivity index (χ0v) is 17.5. The summed E-state index contributed by atoms with van der Waals surface area (Å²) in [6.07, 6.45) is 0.177. The standard InChI is InChI=1S/C19H25N3O3S.ClH/c1-13-5-10-16(12-17(13)26(24,25)22-19(2,3)4)21-18(23)11-14-6-8-15(20)9-7-14;/h5-10,12,22H,11,20H2,1-4H3,(H,21,23);1H. The van der Waals surface area contributed by atoms with Gasteiger partial charge in [-0.15, -0.1) is 12.4 Å². The molecule has 0 saturated carbocycles. The summed E-state index contributed by atoms with van der Waals surface area (Å²) < 4.78 is 27.8. The van der Waals surface area contributed by atoms with Gasteiger partial charge in [0.25, 0.3) is 0 Å². The molecule has 148 valence electrons. The highest BCUT2D eigenvalue weighted by Gasteiger charge is 2.24. The van der Waals surface area contributed by atoms with Gasteiger partial charge in [-0.2, -0.15) is 0 Å². The van der Waals surface area contributed by atoms with E-state index in [0.29, 0.717) is 16.9 Å². The third-order valence-corrected chi connectivity index (χ3v) is 5.45. The fourth-order valence-electron chi connectivity index (χ4n) is 2.45. The normalized spacial score (nSPS) is 11.6. The highest BCUT2D eigenvalue weighted by atomic mass is 35.5. The predicted molar refractivity (Wildman–Crippen MR) is 112 cm³/mol. The maximum atomic E-state index is 12.6. The van der Waals surface area contributed by atoms with Gasteiger partial charge in [0.1, 0.15) is 0 Å². The molecule has 2 aromatic rings. The molecule has 0 unspecified atom stereocenters. The van der Waals surface area contributed by atoms with E-state index in [2.05, 4.69) is 10.0 Å². The summed E-state index contributed by atoms with van der Waals surface area (Å²) >= 11 is 0. The first-order valence-electron chi connectivity index (χ1n) is 8.25. The second kappa shape index (κ2) is 8.73. The highest BCUT2D eigenvalue weighted by Crippen LogP contribution is 2.22. The van der Waals surface area contributed by atoms with Crippen molar-refractivity contribution in [3.8, 4) is 0 Å². The fraction of sp³-hybridized carbons (Fsp3) is 0.316. The van der Waals surface area contributed by atoms with E-state index in [4.69, 9.17) is 5.73 Å². The van der Waals surface area contributed by atoms with E-state index >= 15 is 0 Å². The Morgan fingerprint density at radius 2 is 1.67 bits per heavy atom. The number of carbonyl (C=O) groups excluding carboxylic acids is 1. The number of benzene rings is 2. The number of nitrogens with one attached hydrogen (secondary N) is 2. The average Bonchev–Trinajstić information content (AvgIpc) is 2.49. The quantitative estimate of drug-likeness (QED) is 0.657. The number of nitrogens with two attached hydrogens (primary N) is 1. The number of nitrogen functional groups attached to an aromatic ring is 1. The van der Waals surface area contributed by atoms with Crippen molar-refractivity contribution in [3.63, 3.8) is 0 Å². The van der Waals surface area contributed by atoms with Gasteiger partial charge in [0.05, 0.1) is 11.3 Å². The predicted octanol–water partition coefficient (Wildman–Crippen LogP) is 3.26. The maximum Gasteiger partial charge on any atom is 0.241 e. The van der Waals surface area contributed by atoms with Gasteiger partial charge in [-0.05, 0) is 63.1 Å². The zero-order valence-electron chi connectivity index (χ0n) is 15.9. The van der Waals surface area contributed by atoms with Gasteiger partial charge in [-0.25, -0.2) is 13.1 Å². The maximum absolute atomic E-state index is 12.6. The molecule has 1 amide bonds. The fourth-order valence-corrected chi connectivity index (χ4v) is 4.14. The summed E-state index contributed by atoms with van der Waals surface area (Å²) in [5.41, 5.74) is 7.54. The Bertz CT molecular complexity index is 905. The van der Waals surface area contributed by atoms with Crippen LogP contribution in [0.4, 0.5) is 11.4 Å². The largest absolute Gasteiger partial charge is 0.399 e. The van der Waals surface area contributed by atoms with Gasteiger partial charge in [0.2, 0.25) is 15.9 Å². The van der Waals surface area contributed by atoms with Crippen LogP contribution < -0.4 is 15.8 Å². The second-order valence-electron chi connectivity index (χ2n) is 7.30. The van der Waals surface area contributed by atoms with E-state index in [9.17, 15) is 13.2 Å². The number of sulfonamides is 1. The number of aryl methyl sites for hydroxylation is 1. The number of hydrogen-bond donors (Lipinski definition) is 3. The molecule has 0 fully saturated rings. The number of anilines is 2. The molecule has 2 aromatic carbocycles. The molecule has 0 atom stereocenters. The average molecular weight is 412 g/mol. The van der Waals surface area contributed by atoms with Gasteiger partial charge in [-0.3, -0.25) is 4.79 Å². The molecule has 0 aliphatic rings. The lowest BCUT2D eigenvalue weighted by Crippen LogP contribution is -2.40. The number of halogens is 1. The van der Waals surface area contributed by atoms with Crippen LogP contribution in [-0.2, 0) is 21.2 Å². The molecule has 0 spiro atoms. The van der Waals surface area contributed by atoms with Gasteiger partial charge in [0.15, 0.2) is 0 Å². The Hall–Kier alpha value is -2.09. The monoisotopic (exact) mass is 411 g/mol. The summed E-state index contributed by atoms with van der Waals surface area (Å²) in [6, 6.07) is 11.9. The highest BCUT2D eigenvalue weighted by molar-refractivity contribution is 7.89. The Morgan fingerprint density at radius 3 is 2.22 bits per heavy atom. The van der Waals surface area contributed by atoms with Crippen molar-refractivity contribution in [2.75, 3.05) is 11.1 Å². The summed E-state index contributed by atoms with van der Waals surface area (Å²) in [6.45, 7) is 7.05. The molecule has 0 heterocycles. The van der Waals surface area contributed by atoms with Crippen molar-refractivity contribution in [1.82, 2.24) is 4.72 Å². The lowest BCUT2D eigenvalue weighted by molar-refractivity contribution is -0.115. The molecule has 0 aliphatic heterocycles. The van der Waals surface area contributed by atoms with Crippen LogP contribution in [0.2, 0.25) is 0 Å². The van der Waals surface area contributed by atoms with E-state index in [0.717, 1.165) is 5.56 Å². The summed E-state index contributed by atoms with van der Waals surface area (Å²) in [5, 5.41) is 2.75. The lowest BCUT2D eigenvalue weighted by Gasteiger charge is -2.21. The third kappa shape index (κ3) is 6.86. The van der Waals surface area contributed by atoms with Crippen LogP contribution in [-0.4, -0.2) is 19.9 Å². The van der Waals surface area contributed by atoms with E-state index in [1.54, 1.807) is 64.1 Å². The summed E-state index contributed by atoms with van der Waals surface area (Å²) in [4.78, 5) is 12.4. The second-order valence-corrected chi connectivity index (χ2v) is 8.95. The smallest absolute Gasteiger partial charge is 0.241 e. The molecule has 0 bridgehead atoms. The summed E-state index contributed by atoms with van der Waals surface area (Å²) in [5.74, 6) is -0.231. The molecule has 2 rings (SSSR count). The minimum Gasteiger partial charge on any atom is -0.399 e. The van der Waals surface area contributed by atoms with Crippen LogP contribution in [0, 0.1) is 6.92 Å². The minimum absolute atomic E-state index is 0. The van der Waals surface area contributed by atoms with Crippen molar-refractivity contribution in [2.45, 2.75) is 44.6 Å². The molecular formula is C19H26ClN3O3S. The molecule has 4 N–H and O–H groups in total. The first-order valence-corrected chi connectivity index (χ1v) is 9.73. The Kier molecular flexibility index (Phi) is 7.42. The van der Waals surface area contributed by atoms with Crippen LogP contribution in [0.25, 0.3) is 0 Å². The van der Waals surface area contributed by atoms with E-state index in [1.165, 1.54) is 6.07 Å². The van der Waals surface area contributed by atoms with Gasteiger partial charge < -0.3 is 11.1 Å². The SMILES string of the molecule is Cc1ccc(NC(=O)Cc2ccc(N)cc2)cc1S(=O)(=O)NC(C)(C)C.Cl. The van der Waals surface area contributed by atoms with Crippen LogP contribution in [0.1, 0.15) is 31.9 Å². The first kappa shape index (κ1) is 23.0. The number of amides is 1. The van der Waals surface area contributed by atoms with Crippen LogP contribution in [0.3, 0.4) is 0 Å². The van der Waals surface area contributed by atoms with Crippen LogP contribution >= 0.6 is 12.4 Å². The molecule has 0 radical (unpaired) electrons. The molecular weight excluding hydrogens is 386 g/mol. The number of carbonyl (C=O) groups is 1. The van der Waals surface area contributed by atoms with Crippen molar-refractivity contribution in [1.29, 1.82) is 0 Å². The van der Waals surface area contributed by atoms with Gasteiger partial charge >= 0.3 is 0 Å². The molecule has 0 aromatic heterocycles. The minimum atomic E-state index is -3.69. The molecule has 0 saturated heterocycles. The van der Waals surface area contributed by atoms with E-state index in [1.807, 2.05) is 0 Å². The topological polar surface area (TPSA) is 101 Å². The lowest BCUT2D eigenvalue weighted by atomic mass is 10.1. The van der Waals surface area contributed by atoms with Crippen LogP contribution in [0.5, 0.6) is 0 Å². The van der Waals surface area contributed by atoms with Crippen molar-refractivity contribution < 1.29 is 13.2 Å². The van der Waals surface area contributed by atoms with Crippen molar-refractivity contribution >= 4 is 39.7 Å². The van der Waals surface area contributed by atoms with Crippen molar-refractivity contribution in [2.24, 2.45) is 0 Å². The summed E-state index contributed by atoms with van der Waals surface area (Å²) in [7, 11) is -3.69. The van der Waals surface area contributed by atoms with Gasteiger partial charge in [0, 0.05) is 16.9 Å². The van der Waals surface area contributed by atoms with Crippen molar-refractivity contribution in [3.05, 3.63) is 53.6 Å².